The van der Waals surface area contributed by atoms with Crippen molar-refractivity contribution in [3.63, 3.8) is 0 Å². The van der Waals surface area contributed by atoms with Gasteiger partial charge in [0.2, 0.25) is 0 Å². The molecule has 0 spiro atoms. The molecule has 1 saturated heterocycles. The predicted molar refractivity (Wildman–Crippen MR) is 12.0 cm³/mol. The zero-order valence-corrected chi connectivity index (χ0v) is 2.38. The molecule has 1 heterocycles. The van der Waals surface area contributed by atoms with Crippen molar-refractivity contribution in [2.75, 3.05) is 0 Å². The summed E-state index contributed by atoms with van der Waals surface area (Å²) < 4.78 is 0. The molecule has 0 N–H and O–H groups in total. The lowest BCUT2D eigenvalue weighted by molar-refractivity contribution is -0.109. The fraction of sp³-hybridized carbons (Fsp3) is 0.500. The second-order valence-corrected chi connectivity index (χ2v) is 0.697. The molecule has 0 radical (unpaired) electrons. The van der Waals surface area contributed by atoms with Gasteiger partial charge in [0.05, 0.1) is 0 Å². The molecule has 1 aliphatic heterocycles. The third-order valence-corrected chi connectivity index (χ3v) is 0.318. The maximum absolute atomic E-state index is 9.32. The maximum Gasteiger partial charge on any atom is 0.279 e. The van der Waals surface area contributed by atoms with Crippen molar-refractivity contribution in [2.24, 2.45) is 0 Å². The summed E-state index contributed by atoms with van der Waals surface area (Å²) in [5.41, 5.74) is 0. The first-order chi connectivity index (χ1) is 2.43. The summed E-state index contributed by atoms with van der Waals surface area (Å²) in [6, 6.07) is 0. The van der Waals surface area contributed by atoms with Crippen LogP contribution in [-0.4, -0.2) is 12.6 Å². The first-order valence-corrected chi connectivity index (χ1v) is 1.21. The normalized spacial score (nSPS) is 22.4. The van der Waals surface area contributed by atoms with Gasteiger partial charge in [-0.2, -0.15) is 9.78 Å². The molecule has 0 saturated carbocycles. The van der Waals surface area contributed by atoms with Gasteiger partial charge in [0.1, 0.15) is 0 Å². The van der Waals surface area contributed by atoms with E-state index in [0.717, 1.165) is 0 Å². The quantitative estimate of drug-likeness (QED) is 0.238. The minimum absolute atomic E-state index is 0.546. The lowest BCUT2D eigenvalue weighted by Gasteiger charge is -1.45. The van der Waals surface area contributed by atoms with E-state index in [9.17, 15) is 4.79 Å². The van der Waals surface area contributed by atoms with Crippen molar-refractivity contribution in [3.05, 3.63) is 0 Å². The fourth-order valence-electron chi connectivity index (χ4n) is 0.0774. The Balaban J connectivity index is 2.21. The van der Waals surface area contributed by atoms with Gasteiger partial charge in [-0.15, -0.1) is 0 Å². The van der Waals surface area contributed by atoms with Crippen LogP contribution in [0.3, 0.4) is 0 Å². The van der Waals surface area contributed by atoms with Gasteiger partial charge in [0.15, 0.2) is 6.29 Å². The molecule has 3 nitrogen and oxygen atoms in total. The van der Waals surface area contributed by atoms with Crippen LogP contribution in [-0.2, 0) is 14.6 Å². The molecule has 0 atom stereocenters. The Bertz CT molecular complexity index is 46.9. The Morgan fingerprint density at radius 1 is 1.60 bits per heavy atom. The van der Waals surface area contributed by atoms with Crippen LogP contribution in [0.15, 0.2) is 0 Å². The lowest BCUT2D eigenvalue weighted by Crippen LogP contribution is -1.78. The van der Waals surface area contributed by atoms with E-state index in [1.807, 2.05) is 0 Å². The summed E-state index contributed by atoms with van der Waals surface area (Å²) in [6.07, 6.45) is 0.0370. The van der Waals surface area contributed by atoms with E-state index in [1.165, 1.54) is 0 Å². The maximum atomic E-state index is 9.32. The highest BCUT2D eigenvalue weighted by Crippen LogP contribution is 2.05. The number of aldehydes is 1. The van der Waals surface area contributed by atoms with Crippen LogP contribution < -0.4 is 0 Å². The number of hydrogen-bond donors (Lipinski definition) is 0. The molecule has 0 amide bonds. The minimum atomic E-state index is -0.546. The summed E-state index contributed by atoms with van der Waals surface area (Å²) in [6.45, 7) is 0. The van der Waals surface area contributed by atoms with E-state index >= 15 is 0 Å². The molecule has 0 aromatic heterocycles. The number of rotatable bonds is 1. The largest absolute Gasteiger partial charge is 0.297 e. The molecule has 1 fully saturated rings. The van der Waals surface area contributed by atoms with Crippen LogP contribution in [0.4, 0.5) is 0 Å². The topological polar surface area (TPSA) is 42.1 Å². The second-order valence-electron chi connectivity index (χ2n) is 0.697. The Morgan fingerprint density at radius 3 is 2.20 bits per heavy atom. The number of carbonyl (C=O) groups is 1. The van der Waals surface area contributed by atoms with E-state index in [4.69, 9.17) is 0 Å². The monoisotopic (exact) mass is 74.0 g/mol. The van der Waals surface area contributed by atoms with E-state index in [0.29, 0.717) is 6.29 Å². The molecule has 0 aromatic rings. The van der Waals surface area contributed by atoms with Crippen molar-refractivity contribution < 1.29 is 14.6 Å². The molecular weight excluding hydrogens is 72.0 g/mol. The van der Waals surface area contributed by atoms with Crippen LogP contribution in [0, 0.1) is 0 Å². The third-order valence-electron chi connectivity index (χ3n) is 0.318. The Kier molecular flexibility index (Phi) is 0.433. The molecule has 5 heavy (non-hydrogen) atoms. The lowest BCUT2D eigenvalue weighted by atomic mass is 10.8. The Morgan fingerprint density at radius 2 is 2.20 bits per heavy atom. The number of carbonyl (C=O) groups excluding carboxylic acids is 1. The van der Waals surface area contributed by atoms with Crippen LogP contribution in [0.25, 0.3) is 0 Å². The first-order valence-electron chi connectivity index (χ1n) is 1.21. The van der Waals surface area contributed by atoms with Crippen LogP contribution in [0.5, 0.6) is 0 Å². The van der Waals surface area contributed by atoms with Gasteiger partial charge in [-0.3, -0.25) is 4.79 Å². The molecule has 0 bridgehead atoms. The molecule has 3 heteroatoms. The average molecular weight is 74.0 g/mol. The highest BCUT2D eigenvalue weighted by Gasteiger charge is 2.23. The van der Waals surface area contributed by atoms with Crippen LogP contribution in [0.1, 0.15) is 0 Å². The van der Waals surface area contributed by atoms with Crippen LogP contribution >= 0.6 is 0 Å². The third kappa shape index (κ3) is 0.431. The standard InChI is InChI=1S/C2H2O3/c3-1-2-4-5-2/h1-2H. The van der Waals surface area contributed by atoms with Gasteiger partial charge in [0.25, 0.3) is 6.29 Å². The Hall–Kier alpha value is -0.410. The molecule has 0 aromatic carbocycles. The van der Waals surface area contributed by atoms with Gasteiger partial charge in [-0.05, 0) is 0 Å². The summed E-state index contributed by atoms with van der Waals surface area (Å²) in [4.78, 5) is 17.3. The van der Waals surface area contributed by atoms with E-state index < -0.39 is 6.29 Å². The summed E-state index contributed by atoms with van der Waals surface area (Å²) in [7, 11) is 0. The second kappa shape index (κ2) is 0.771. The Labute approximate surface area is 28.4 Å². The summed E-state index contributed by atoms with van der Waals surface area (Å²) in [5, 5.41) is 0. The fourth-order valence-corrected chi connectivity index (χ4v) is 0.0774. The zero-order chi connectivity index (χ0) is 3.70. The van der Waals surface area contributed by atoms with Gasteiger partial charge in [0, 0.05) is 0 Å². The van der Waals surface area contributed by atoms with Crippen molar-refractivity contribution >= 4 is 6.29 Å². The minimum Gasteiger partial charge on any atom is -0.297 e. The molecule has 0 unspecified atom stereocenters. The predicted octanol–water partition coefficient (Wildman–Crippen LogP) is -0.527. The van der Waals surface area contributed by atoms with E-state index in [1.54, 1.807) is 0 Å². The summed E-state index contributed by atoms with van der Waals surface area (Å²) >= 11 is 0. The van der Waals surface area contributed by atoms with Crippen LogP contribution in [0.2, 0.25) is 0 Å². The van der Waals surface area contributed by atoms with E-state index in [2.05, 4.69) is 9.78 Å². The van der Waals surface area contributed by atoms with Gasteiger partial charge < -0.3 is 0 Å². The van der Waals surface area contributed by atoms with Gasteiger partial charge in [-0.1, -0.05) is 0 Å². The molecule has 1 rings (SSSR count). The van der Waals surface area contributed by atoms with Crippen molar-refractivity contribution in [2.45, 2.75) is 6.29 Å². The van der Waals surface area contributed by atoms with Crippen molar-refractivity contribution in [3.8, 4) is 0 Å². The van der Waals surface area contributed by atoms with Gasteiger partial charge in [-0.25, -0.2) is 0 Å². The van der Waals surface area contributed by atoms with Gasteiger partial charge >= 0.3 is 0 Å². The van der Waals surface area contributed by atoms with Crippen molar-refractivity contribution in [1.82, 2.24) is 0 Å². The first kappa shape index (κ1) is 2.81. The smallest absolute Gasteiger partial charge is 0.279 e. The van der Waals surface area contributed by atoms with Crippen molar-refractivity contribution in [1.29, 1.82) is 0 Å². The zero-order valence-electron chi connectivity index (χ0n) is 2.38. The molecule has 28 valence electrons. The molecule has 0 aliphatic carbocycles. The highest BCUT2D eigenvalue weighted by molar-refractivity contribution is 5.55. The number of hydrogen-bond acceptors (Lipinski definition) is 3. The SMILES string of the molecule is O=CC1OO1. The van der Waals surface area contributed by atoms with E-state index in [-0.39, 0.29) is 0 Å². The molecule has 1 aliphatic rings. The average Bonchev–Trinajstić information content (AvgIpc) is 2.12. The highest BCUT2D eigenvalue weighted by atomic mass is 17.4. The summed E-state index contributed by atoms with van der Waals surface area (Å²) in [5.74, 6) is 0. The molecular formula is C2H2O3.